The molecule has 2 aromatic rings. The fourth-order valence-corrected chi connectivity index (χ4v) is 4.94. The molecule has 132 valence electrons. The van der Waals surface area contributed by atoms with Crippen LogP contribution in [0, 0.1) is 3.57 Å². The zero-order chi connectivity index (χ0) is 17.4. The summed E-state index contributed by atoms with van der Waals surface area (Å²) in [5.41, 5.74) is 3.57. The van der Waals surface area contributed by atoms with Crippen LogP contribution in [0.25, 0.3) is 0 Å². The van der Waals surface area contributed by atoms with Crippen LogP contribution in [-0.4, -0.2) is 40.3 Å². The van der Waals surface area contributed by atoms with E-state index in [9.17, 15) is 10.2 Å². The van der Waals surface area contributed by atoms with Crippen molar-refractivity contribution in [1.82, 2.24) is 4.90 Å². The fourth-order valence-electron chi connectivity index (χ4n) is 4.44. The van der Waals surface area contributed by atoms with E-state index in [2.05, 4.69) is 63.9 Å². The second kappa shape index (κ2) is 7.25. The summed E-state index contributed by atoms with van der Waals surface area (Å²) in [7, 11) is 0. The Morgan fingerprint density at radius 2 is 1.68 bits per heavy atom. The molecule has 2 aliphatic rings. The number of aliphatic hydroxyl groups excluding tert-OH is 1. The van der Waals surface area contributed by atoms with Crippen molar-refractivity contribution in [3.63, 3.8) is 0 Å². The Bertz CT molecular complexity index is 741. The highest BCUT2D eigenvalue weighted by molar-refractivity contribution is 14.1. The molecule has 1 heterocycles. The van der Waals surface area contributed by atoms with E-state index in [1.165, 1.54) is 5.56 Å². The molecule has 4 heteroatoms. The molecule has 2 N–H and O–H groups in total. The molecule has 25 heavy (non-hydrogen) atoms. The lowest BCUT2D eigenvalue weighted by atomic mass is 9.82. The van der Waals surface area contributed by atoms with Gasteiger partial charge in [-0.2, -0.15) is 0 Å². The van der Waals surface area contributed by atoms with E-state index in [1.54, 1.807) is 0 Å². The summed E-state index contributed by atoms with van der Waals surface area (Å²) < 4.78 is 0.897. The quantitative estimate of drug-likeness (QED) is 0.688. The van der Waals surface area contributed by atoms with E-state index in [4.69, 9.17) is 0 Å². The van der Waals surface area contributed by atoms with E-state index >= 15 is 0 Å². The molecule has 0 bridgehead atoms. The number of nitrogens with zero attached hydrogens (tertiary/aromatic N) is 1. The van der Waals surface area contributed by atoms with Gasteiger partial charge in [-0.3, -0.25) is 4.90 Å². The van der Waals surface area contributed by atoms with Gasteiger partial charge in [0.05, 0.1) is 9.67 Å². The Labute approximate surface area is 162 Å². The number of benzene rings is 2. The smallest absolute Gasteiger partial charge is 0.132 e. The topological polar surface area (TPSA) is 43.7 Å². The summed E-state index contributed by atoms with van der Waals surface area (Å²) >= 11 is 2.18. The summed E-state index contributed by atoms with van der Waals surface area (Å²) in [5.74, 6) is 1.04. The maximum Gasteiger partial charge on any atom is 0.132 e. The maximum absolute atomic E-state index is 10.7. The van der Waals surface area contributed by atoms with Crippen molar-refractivity contribution in [2.24, 2.45) is 0 Å². The molecule has 0 amide bonds. The Kier molecular flexibility index (Phi) is 5.02. The van der Waals surface area contributed by atoms with Gasteiger partial charge in [0.15, 0.2) is 0 Å². The van der Waals surface area contributed by atoms with Gasteiger partial charge >= 0.3 is 0 Å². The predicted molar refractivity (Wildman–Crippen MR) is 108 cm³/mol. The van der Waals surface area contributed by atoms with Gasteiger partial charge in [-0.1, -0.05) is 36.4 Å². The first-order valence-corrected chi connectivity index (χ1v) is 10.2. The number of phenols is 1. The van der Waals surface area contributed by atoms with Crippen LogP contribution in [0.3, 0.4) is 0 Å². The third-order valence-corrected chi connectivity index (χ3v) is 6.76. The largest absolute Gasteiger partial charge is 0.507 e. The number of phenolic OH excluding ortho intramolecular Hbond substituents is 1. The average Bonchev–Trinajstić information content (AvgIpc) is 2.65. The van der Waals surface area contributed by atoms with Crippen molar-refractivity contribution in [2.45, 2.75) is 43.7 Å². The van der Waals surface area contributed by atoms with Gasteiger partial charge in [-0.15, -0.1) is 0 Å². The Morgan fingerprint density at radius 3 is 2.40 bits per heavy atom. The van der Waals surface area contributed by atoms with Crippen molar-refractivity contribution in [3.8, 4) is 5.75 Å². The summed E-state index contributed by atoms with van der Waals surface area (Å²) in [6.45, 7) is 2.03. The lowest BCUT2D eigenvalue weighted by Gasteiger charge is -2.42. The molecule has 4 rings (SSSR count). The molecular weight excluding hydrogens is 425 g/mol. The fraction of sp³-hybridized carbons (Fsp3) is 0.429. The van der Waals surface area contributed by atoms with Crippen molar-refractivity contribution < 1.29 is 10.2 Å². The summed E-state index contributed by atoms with van der Waals surface area (Å²) in [5, 5.41) is 21.1. The van der Waals surface area contributed by atoms with Gasteiger partial charge in [-0.25, -0.2) is 0 Å². The first-order chi connectivity index (χ1) is 12.1. The van der Waals surface area contributed by atoms with Crippen LogP contribution in [0.4, 0.5) is 0 Å². The first kappa shape index (κ1) is 17.3. The predicted octanol–water partition coefficient (Wildman–Crippen LogP) is 3.70. The number of fused-ring (bicyclic) bond motifs is 1. The van der Waals surface area contributed by atoms with Crippen molar-refractivity contribution in [3.05, 3.63) is 62.7 Å². The average molecular weight is 449 g/mol. The van der Waals surface area contributed by atoms with E-state index in [1.807, 2.05) is 6.07 Å². The minimum atomic E-state index is -0.347. The highest BCUT2D eigenvalue weighted by Crippen LogP contribution is 2.36. The second-order valence-electron chi connectivity index (χ2n) is 7.30. The SMILES string of the molecule is Oc1c(I)ccc2c1C[C@@H](N1CCC(c3ccccc3)CC1)[C@H](O)C2. The van der Waals surface area contributed by atoms with Crippen LogP contribution in [-0.2, 0) is 12.8 Å². The lowest BCUT2D eigenvalue weighted by Crippen LogP contribution is -2.51. The third kappa shape index (κ3) is 3.44. The minimum absolute atomic E-state index is 0.119. The van der Waals surface area contributed by atoms with Gasteiger partial charge < -0.3 is 10.2 Å². The summed E-state index contributed by atoms with van der Waals surface area (Å²) in [4.78, 5) is 2.44. The van der Waals surface area contributed by atoms with Gasteiger partial charge in [0.25, 0.3) is 0 Å². The van der Waals surface area contributed by atoms with Crippen LogP contribution >= 0.6 is 22.6 Å². The summed E-state index contributed by atoms with van der Waals surface area (Å²) in [6, 6.07) is 14.9. The standard InChI is InChI=1S/C21H24INO2/c22-18-7-6-16-12-20(24)19(13-17(16)21(18)25)23-10-8-15(9-11-23)14-4-2-1-3-5-14/h1-7,15,19-20,24-25H,8-13H2/t19-,20-/m1/s1. The molecule has 0 aromatic heterocycles. The molecule has 2 atom stereocenters. The highest BCUT2D eigenvalue weighted by atomic mass is 127. The molecule has 1 aliphatic carbocycles. The monoisotopic (exact) mass is 449 g/mol. The molecule has 2 aromatic carbocycles. The number of likely N-dealkylation sites (tertiary alicyclic amines) is 1. The van der Waals surface area contributed by atoms with Gasteiger partial charge in [0.1, 0.15) is 5.75 Å². The van der Waals surface area contributed by atoms with Gasteiger partial charge in [-0.05, 0) is 83.6 Å². The highest BCUT2D eigenvalue weighted by Gasteiger charge is 2.35. The molecule has 0 radical (unpaired) electrons. The molecule has 0 spiro atoms. The minimum Gasteiger partial charge on any atom is -0.507 e. The van der Waals surface area contributed by atoms with Crippen LogP contribution in [0.1, 0.15) is 35.4 Å². The van der Waals surface area contributed by atoms with Crippen LogP contribution in [0.5, 0.6) is 5.75 Å². The van der Waals surface area contributed by atoms with Gasteiger partial charge in [0.2, 0.25) is 0 Å². The number of halogens is 1. The Hall–Kier alpha value is -1.11. The molecule has 1 fully saturated rings. The number of aliphatic hydroxyl groups is 1. The first-order valence-electron chi connectivity index (χ1n) is 9.09. The number of piperidine rings is 1. The number of rotatable bonds is 2. The van der Waals surface area contributed by atoms with E-state index in [-0.39, 0.29) is 12.1 Å². The number of hydrogen-bond acceptors (Lipinski definition) is 3. The third-order valence-electron chi connectivity index (χ3n) is 5.89. The van der Waals surface area contributed by atoms with Crippen LogP contribution < -0.4 is 0 Å². The lowest BCUT2D eigenvalue weighted by molar-refractivity contribution is 0.0290. The molecule has 0 saturated carbocycles. The second-order valence-corrected chi connectivity index (χ2v) is 8.46. The zero-order valence-electron chi connectivity index (χ0n) is 14.2. The molecule has 3 nitrogen and oxygen atoms in total. The molecule has 1 aliphatic heterocycles. The van der Waals surface area contributed by atoms with Crippen molar-refractivity contribution in [2.75, 3.05) is 13.1 Å². The number of aromatic hydroxyl groups is 1. The van der Waals surface area contributed by atoms with Crippen molar-refractivity contribution in [1.29, 1.82) is 0 Å². The van der Waals surface area contributed by atoms with E-state index < -0.39 is 0 Å². The molecule has 0 unspecified atom stereocenters. The zero-order valence-corrected chi connectivity index (χ0v) is 16.4. The van der Waals surface area contributed by atoms with Crippen molar-refractivity contribution >= 4 is 22.6 Å². The van der Waals surface area contributed by atoms with E-state index in [0.717, 1.165) is 47.0 Å². The normalized spacial score (nSPS) is 24.9. The summed E-state index contributed by atoms with van der Waals surface area (Å²) in [6.07, 6.45) is 3.31. The Morgan fingerprint density at radius 1 is 0.960 bits per heavy atom. The van der Waals surface area contributed by atoms with Gasteiger partial charge in [0, 0.05) is 12.5 Å². The van der Waals surface area contributed by atoms with Crippen LogP contribution in [0.2, 0.25) is 0 Å². The number of hydrogen-bond donors (Lipinski definition) is 2. The molecular formula is C21H24INO2. The maximum atomic E-state index is 10.7. The van der Waals surface area contributed by atoms with Crippen LogP contribution in [0.15, 0.2) is 42.5 Å². The van der Waals surface area contributed by atoms with E-state index in [0.29, 0.717) is 18.1 Å². The molecule has 1 saturated heterocycles. The Balaban J connectivity index is 1.47.